The third kappa shape index (κ3) is 6.06. The molecule has 0 aliphatic heterocycles. The van der Waals surface area contributed by atoms with Crippen LogP contribution in [0.25, 0.3) is 0 Å². The van der Waals surface area contributed by atoms with Gasteiger partial charge in [-0.05, 0) is 54.7 Å². The first-order valence-corrected chi connectivity index (χ1v) is 8.15. The third-order valence-corrected chi connectivity index (χ3v) is 3.52. The van der Waals surface area contributed by atoms with E-state index in [4.69, 9.17) is 23.8 Å². The zero-order valence-corrected chi connectivity index (χ0v) is 15.2. The lowest BCUT2D eigenvalue weighted by atomic mass is 10.2. The van der Waals surface area contributed by atoms with Crippen LogP contribution < -0.4 is 21.3 Å². The summed E-state index contributed by atoms with van der Waals surface area (Å²) in [5.74, 6) is -0.319. The van der Waals surface area contributed by atoms with E-state index in [1.807, 2.05) is 0 Å². The van der Waals surface area contributed by atoms with Crippen molar-refractivity contribution in [2.75, 3.05) is 21.3 Å². The van der Waals surface area contributed by atoms with Gasteiger partial charge in [0.25, 0.3) is 0 Å². The van der Waals surface area contributed by atoms with Gasteiger partial charge in [-0.15, -0.1) is 0 Å². The minimum atomic E-state index is -0.192. The molecule has 8 heteroatoms. The molecule has 25 heavy (non-hydrogen) atoms. The number of anilines is 4. The Hall–Kier alpha value is -2.64. The molecule has 4 N–H and O–H groups in total. The molecule has 2 aromatic rings. The van der Waals surface area contributed by atoms with E-state index in [9.17, 15) is 9.59 Å². The maximum atomic E-state index is 11.1. The molecule has 0 atom stereocenters. The van der Waals surface area contributed by atoms with Crippen molar-refractivity contribution in [3.8, 4) is 0 Å². The number of carbonyl (C=O) groups excluding carboxylic acids is 2. The number of hydrogen-bond donors (Lipinski definition) is 4. The number of rotatable bonds is 4. The van der Waals surface area contributed by atoms with Crippen LogP contribution in [0, 0.1) is 0 Å². The molecule has 0 fully saturated rings. The van der Waals surface area contributed by atoms with E-state index in [-0.39, 0.29) is 11.8 Å². The second-order valence-corrected chi connectivity index (χ2v) is 6.03. The Balaban J connectivity index is 1.96. The molecular formula is C17H17ClN4O2S. The number of amides is 2. The number of halogens is 1. The van der Waals surface area contributed by atoms with Crippen molar-refractivity contribution >= 4 is 63.5 Å². The first-order chi connectivity index (χ1) is 11.8. The predicted molar refractivity (Wildman–Crippen MR) is 106 cm³/mol. The Labute approximate surface area is 155 Å². The summed E-state index contributed by atoms with van der Waals surface area (Å²) in [6.07, 6.45) is 0. The molecule has 0 saturated heterocycles. The quantitative estimate of drug-likeness (QED) is 0.605. The van der Waals surface area contributed by atoms with E-state index in [0.717, 1.165) is 5.69 Å². The van der Waals surface area contributed by atoms with Gasteiger partial charge in [0.1, 0.15) is 0 Å². The Morgan fingerprint density at radius 2 is 1.28 bits per heavy atom. The number of carbonyl (C=O) groups is 2. The van der Waals surface area contributed by atoms with Gasteiger partial charge in [0, 0.05) is 30.9 Å². The molecule has 0 saturated carbocycles. The SMILES string of the molecule is CC(=O)Nc1ccc(NC(=S)Nc2ccc(NC(C)=O)c(Cl)c2)cc1. The van der Waals surface area contributed by atoms with Crippen molar-refractivity contribution < 1.29 is 9.59 Å². The molecule has 2 aromatic carbocycles. The average Bonchev–Trinajstić information content (AvgIpc) is 2.51. The smallest absolute Gasteiger partial charge is 0.221 e. The first-order valence-electron chi connectivity index (χ1n) is 7.36. The fourth-order valence-corrected chi connectivity index (χ4v) is 2.48. The fraction of sp³-hybridized carbons (Fsp3) is 0.118. The summed E-state index contributed by atoms with van der Waals surface area (Å²) in [5, 5.41) is 12.2. The van der Waals surface area contributed by atoms with Gasteiger partial charge in [-0.1, -0.05) is 11.6 Å². The van der Waals surface area contributed by atoms with Crippen LogP contribution >= 0.6 is 23.8 Å². The van der Waals surface area contributed by atoms with Gasteiger partial charge >= 0.3 is 0 Å². The normalized spacial score (nSPS) is 9.88. The van der Waals surface area contributed by atoms with Crippen molar-refractivity contribution in [2.45, 2.75) is 13.8 Å². The van der Waals surface area contributed by atoms with Crippen molar-refractivity contribution in [1.29, 1.82) is 0 Å². The lowest BCUT2D eigenvalue weighted by molar-refractivity contribution is -0.115. The Morgan fingerprint density at radius 1 is 0.800 bits per heavy atom. The van der Waals surface area contributed by atoms with E-state index in [0.29, 0.717) is 27.2 Å². The van der Waals surface area contributed by atoms with Crippen LogP contribution in [-0.2, 0) is 9.59 Å². The molecular weight excluding hydrogens is 360 g/mol. The maximum absolute atomic E-state index is 11.1. The molecule has 0 radical (unpaired) electrons. The monoisotopic (exact) mass is 376 g/mol. The number of nitrogens with one attached hydrogen (secondary N) is 4. The van der Waals surface area contributed by atoms with Gasteiger partial charge in [0.2, 0.25) is 11.8 Å². The van der Waals surface area contributed by atoms with Gasteiger partial charge in [-0.3, -0.25) is 9.59 Å². The molecule has 6 nitrogen and oxygen atoms in total. The van der Waals surface area contributed by atoms with E-state index >= 15 is 0 Å². The molecule has 0 spiro atoms. The highest BCUT2D eigenvalue weighted by Gasteiger charge is 2.05. The topological polar surface area (TPSA) is 82.3 Å². The van der Waals surface area contributed by atoms with Crippen LogP contribution in [-0.4, -0.2) is 16.9 Å². The Morgan fingerprint density at radius 3 is 1.80 bits per heavy atom. The van der Waals surface area contributed by atoms with Gasteiger partial charge in [0.05, 0.1) is 10.7 Å². The van der Waals surface area contributed by atoms with E-state index in [2.05, 4.69) is 21.3 Å². The van der Waals surface area contributed by atoms with Crippen LogP contribution in [0.3, 0.4) is 0 Å². The first kappa shape index (κ1) is 18.7. The lowest BCUT2D eigenvalue weighted by Gasteiger charge is -2.13. The van der Waals surface area contributed by atoms with E-state index in [1.54, 1.807) is 42.5 Å². The average molecular weight is 377 g/mol. The maximum Gasteiger partial charge on any atom is 0.221 e. The van der Waals surface area contributed by atoms with E-state index in [1.165, 1.54) is 13.8 Å². The highest BCUT2D eigenvalue weighted by Crippen LogP contribution is 2.25. The Kier molecular flexibility index (Phi) is 6.32. The molecule has 0 unspecified atom stereocenters. The fourth-order valence-electron chi connectivity index (χ4n) is 2.02. The van der Waals surface area contributed by atoms with Crippen molar-refractivity contribution in [2.24, 2.45) is 0 Å². The molecule has 2 amide bonds. The van der Waals surface area contributed by atoms with Crippen molar-refractivity contribution in [3.63, 3.8) is 0 Å². The molecule has 0 aliphatic rings. The minimum Gasteiger partial charge on any atom is -0.332 e. The van der Waals surface area contributed by atoms with Crippen LogP contribution in [0.15, 0.2) is 42.5 Å². The van der Waals surface area contributed by atoms with Gasteiger partial charge in [-0.2, -0.15) is 0 Å². The highest BCUT2D eigenvalue weighted by atomic mass is 35.5. The van der Waals surface area contributed by atoms with Gasteiger partial charge in [0.15, 0.2) is 5.11 Å². The number of benzene rings is 2. The van der Waals surface area contributed by atoms with Gasteiger partial charge in [-0.25, -0.2) is 0 Å². The summed E-state index contributed by atoms with van der Waals surface area (Å²) < 4.78 is 0. The zero-order chi connectivity index (χ0) is 18.4. The zero-order valence-electron chi connectivity index (χ0n) is 13.6. The molecule has 0 heterocycles. The lowest BCUT2D eigenvalue weighted by Crippen LogP contribution is -2.19. The third-order valence-electron chi connectivity index (χ3n) is 3.00. The minimum absolute atomic E-state index is 0.127. The molecule has 0 aromatic heterocycles. The summed E-state index contributed by atoms with van der Waals surface area (Å²) in [7, 11) is 0. The van der Waals surface area contributed by atoms with Gasteiger partial charge < -0.3 is 21.3 Å². The Bertz CT molecular complexity index is 809. The van der Waals surface area contributed by atoms with Crippen LogP contribution in [0.4, 0.5) is 22.7 Å². The van der Waals surface area contributed by atoms with Crippen LogP contribution in [0.1, 0.15) is 13.8 Å². The summed E-state index contributed by atoms with van der Waals surface area (Å²) >= 11 is 11.4. The predicted octanol–water partition coefficient (Wildman–Crippen LogP) is 4.07. The second-order valence-electron chi connectivity index (χ2n) is 5.21. The second kappa shape index (κ2) is 8.46. The van der Waals surface area contributed by atoms with Crippen molar-refractivity contribution in [3.05, 3.63) is 47.5 Å². The standard InChI is InChI=1S/C17H17ClN4O2S/c1-10(23)19-12-3-5-13(6-4-12)21-17(25)22-14-7-8-16(15(18)9-14)20-11(2)24/h3-9H,1-2H3,(H,19,23)(H,20,24)(H2,21,22,25). The summed E-state index contributed by atoms with van der Waals surface area (Å²) in [5.41, 5.74) is 2.70. The number of hydrogen-bond acceptors (Lipinski definition) is 3. The summed E-state index contributed by atoms with van der Waals surface area (Å²) in [4.78, 5) is 22.1. The molecule has 0 bridgehead atoms. The van der Waals surface area contributed by atoms with Crippen molar-refractivity contribution in [1.82, 2.24) is 0 Å². The molecule has 130 valence electrons. The highest BCUT2D eigenvalue weighted by molar-refractivity contribution is 7.80. The number of thiocarbonyl (C=S) groups is 1. The summed E-state index contributed by atoms with van der Waals surface area (Å²) in [6.45, 7) is 2.87. The molecule has 0 aliphatic carbocycles. The molecule has 2 rings (SSSR count). The van der Waals surface area contributed by atoms with Crippen LogP contribution in [0.2, 0.25) is 5.02 Å². The largest absolute Gasteiger partial charge is 0.332 e. The van der Waals surface area contributed by atoms with Crippen LogP contribution in [0.5, 0.6) is 0 Å². The summed E-state index contributed by atoms with van der Waals surface area (Å²) in [6, 6.07) is 12.2. The van der Waals surface area contributed by atoms with E-state index < -0.39 is 0 Å².